The number of carbonyl (C=O) groups is 1. The lowest BCUT2D eigenvalue weighted by Gasteiger charge is -2.42. The van der Waals surface area contributed by atoms with Gasteiger partial charge in [-0.3, -0.25) is 9.69 Å². The van der Waals surface area contributed by atoms with E-state index in [0.717, 1.165) is 45.2 Å². The van der Waals surface area contributed by atoms with Gasteiger partial charge in [-0.25, -0.2) is 0 Å². The van der Waals surface area contributed by atoms with Crippen LogP contribution >= 0.6 is 0 Å². The molecule has 4 heteroatoms. The molecule has 0 aromatic carbocycles. The van der Waals surface area contributed by atoms with Crippen LogP contribution < -0.4 is 0 Å². The molecule has 19 heavy (non-hydrogen) atoms. The molecule has 2 fully saturated rings. The first kappa shape index (κ1) is 14.8. The van der Waals surface area contributed by atoms with E-state index in [1.165, 1.54) is 26.4 Å². The Kier molecular flexibility index (Phi) is 5.22. The monoisotopic (exact) mass is 269 g/mol. The van der Waals surface area contributed by atoms with Gasteiger partial charge in [0, 0.05) is 12.6 Å². The first-order valence-corrected chi connectivity index (χ1v) is 7.66. The van der Waals surface area contributed by atoms with E-state index in [1.54, 1.807) is 0 Å². The van der Waals surface area contributed by atoms with Gasteiger partial charge in [0.25, 0.3) is 0 Å². The number of carbonyl (C=O) groups excluding carboxylic acids is 1. The lowest BCUT2D eigenvalue weighted by molar-refractivity contribution is -0.143. The molecule has 4 nitrogen and oxygen atoms in total. The van der Waals surface area contributed by atoms with Gasteiger partial charge in [-0.15, -0.1) is 0 Å². The third-order valence-corrected chi connectivity index (χ3v) is 4.66. The number of ether oxygens (including phenoxy) is 1. The number of methoxy groups -OCH3 is 1. The molecule has 0 radical (unpaired) electrons. The molecule has 2 rings (SSSR count). The van der Waals surface area contributed by atoms with Gasteiger partial charge >= 0.3 is 5.97 Å². The molecule has 0 spiro atoms. The standard InChI is InChI=1S/C15H27NO3/c1-19-14(17)11-13-7-3-6-10-16(13)12-15(18)8-4-2-5-9-15/h13,18H,2-12H2,1H3. The summed E-state index contributed by atoms with van der Waals surface area (Å²) >= 11 is 0. The van der Waals surface area contributed by atoms with Crippen LogP contribution in [-0.2, 0) is 9.53 Å². The summed E-state index contributed by atoms with van der Waals surface area (Å²) in [5.41, 5.74) is -0.524. The highest BCUT2D eigenvalue weighted by Crippen LogP contribution is 2.31. The molecule has 1 heterocycles. The average molecular weight is 269 g/mol. The van der Waals surface area contributed by atoms with Crippen LogP contribution in [0.15, 0.2) is 0 Å². The van der Waals surface area contributed by atoms with Gasteiger partial charge < -0.3 is 9.84 Å². The summed E-state index contributed by atoms with van der Waals surface area (Å²) < 4.78 is 4.79. The van der Waals surface area contributed by atoms with Gasteiger partial charge in [-0.05, 0) is 32.2 Å². The average Bonchev–Trinajstić information content (AvgIpc) is 2.41. The zero-order chi connectivity index (χ0) is 13.7. The van der Waals surface area contributed by atoms with Crippen LogP contribution in [0.2, 0.25) is 0 Å². The number of aliphatic hydroxyl groups is 1. The Bertz CT molecular complexity index is 300. The SMILES string of the molecule is COC(=O)CC1CCCCN1CC1(O)CCCCC1. The largest absolute Gasteiger partial charge is 0.469 e. The summed E-state index contributed by atoms with van der Waals surface area (Å²) in [5, 5.41) is 10.7. The fourth-order valence-electron chi connectivity index (χ4n) is 3.52. The molecule has 1 aliphatic heterocycles. The first-order valence-electron chi connectivity index (χ1n) is 7.66. The minimum atomic E-state index is -0.524. The molecule has 1 saturated heterocycles. The molecule has 1 aliphatic carbocycles. The second-order valence-electron chi connectivity index (χ2n) is 6.19. The maximum atomic E-state index is 11.5. The molecule has 0 aromatic heterocycles. The number of piperidine rings is 1. The summed E-state index contributed by atoms with van der Waals surface area (Å²) in [4.78, 5) is 13.8. The second-order valence-corrected chi connectivity index (χ2v) is 6.19. The Balaban J connectivity index is 1.92. The van der Waals surface area contributed by atoms with Crippen molar-refractivity contribution >= 4 is 5.97 Å². The minimum absolute atomic E-state index is 0.132. The normalized spacial score (nSPS) is 28.0. The van der Waals surface area contributed by atoms with Crippen LogP contribution in [0.3, 0.4) is 0 Å². The molecule has 1 saturated carbocycles. The molecular weight excluding hydrogens is 242 g/mol. The number of β-amino-alcohol motifs (C(OH)–C–C–N with tert-alkyl or cyclic N) is 1. The highest BCUT2D eigenvalue weighted by Gasteiger charge is 2.35. The molecule has 1 atom stereocenters. The number of hydrogen-bond acceptors (Lipinski definition) is 4. The van der Waals surface area contributed by atoms with Crippen molar-refractivity contribution < 1.29 is 14.6 Å². The predicted octanol–water partition coefficient (Wildman–Crippen LogP) is 2.10. The predicted molar refractivity (Wildman–Crippen MR) is 73.9 cm³/mol. The van der Waals surface area contributed by atoms with Gasteiger partial charge in [0.2, 0.25) is 0 Å². The van der Waals surface area contributed by atoms with Crippen molar-refractivity contribution in [2.45, 2.75) is 69.4 Å². The first-order chi connectivity index (χ1) is 9.13. The van der Waals surface area contributed by atoms with Crippen molar-refractivity contribution in [3.8, 4) is 0 Å². The Morgan fingerprint density at radius 2 is 2.00 bits per heavy atom. The number of likely N-dealkylation sites (tertiary alicyclic amines) is 1. The maximum Gasteiger partial charge on any atom is 0.307 e. The van der Waals surface area contributed by atoms with Gasteiger partial charge in [0.05, 0.1) is 19.1 Å². The number of hydrogen-bond donors (Lipinski definition) is 1. The van der Waals surface area contributed by atoms with Crippen LogP contribution in [0.5, 0.6) is 0 Å². The van der Waals surface area contributed by atoms with Gasteiger partial charge in [0.1, 0.15) is 0 Å². The smallest absolute Gasteiger partial charge is 0.307 e. The Morgan fingerprint density at radius 1 is 1.26 bits per heavy atom. The van der Waals surface area contributed by atoms with Gasteiger partial charge in [0.15, 0.2) is 0 Å². The molecule has 110 valence electrons. The van der Waals surface area contributed by atoms with Crippen molar-refractivity contribution in [1.82, 2.24) is 4.90 Å². The van der Waals surface area contributed by atoms with Crippen LogP contribution in [-0.4, -0.2) is 47.8 Å². The molecule has 1 N–H and O–H groups in total. The zero-order valence-corrected chi connectivity index (χ0v) is 12.1. The van der Waals surface area contributed by atoms with E-state index in [-0.39, 0.29) is 12.0 Å². The van der Waals surface area contributed by atoms with E-state index in [0.29, 0.717) is 6.42 Å². The van der Waals surface area contributed by atoms with E-state index < -0.39 is 5.60 Å². The lowest BCUT2D eigenvalue weighted by Crippen LogP contribution is -2.50. The fourth-order valence-corrected chi connectivity index (χ4v) is 3.52. The topological polar surface area (TPSA) is 49.8 Å². The molecule has 1 unspecified atom stereocenters. The third-order valence-electron chi connectivity index (χ3n) is 4.66. The molecule has 0 amide bonds. The highest BCUT2D eigenvalue weighted by molar-refractivity contribution is 5.69. The van der Waals surface area contributed by atoms with Crippen molar-refractivity contribution in [2.75, 3.05) is 20.2 Å². The second kappa shape index (κ2) is 6.71. The minimum Gasteiger partial charge on any atom is -0.469 e. The summed E-state index contributed by atoms with van der Waals surface area (Å²) in [6.07, 6.45) is 9.19. The summed E-state index contributed by atoms with van der Waals surface area (Å²) in [7, 11) is 1.45. The Labute approximate surface area is 116 Å². The molecule has 0 aromatic rings. The van der Waals surface area contributed by atoms with Gasteiger partial charge in [-0.2, -0.15) is 0 Å². The molecule has 2 aliphatic rings. The van der Waals surface area contributed by atoms with Crippen molar-refractivity contribution in [2.24, 2.45) is 0 Å². The van der Waals surface area contributed by atoms with Crippen molar-refractivity contribution in [3.63, 3.8) is 0 Å². The van der Waals surface area contributed by atoms with Crippen LogP contribution in [0, 0.1) is 0 Å². The fraction of sp³-hybridized carbons (Fsp3) is 0.933. The van der Waals surface area contributed by atoms with Crippen molar-refractivity contribution in [1.29, 1.82) is 0 Å². The highest BCUT2D eigenvalue weighted by atomic mass is 16.5. The summed E-state index contributed by atoms with van der Waals surface area (Å²) in [5.74, 6) is -0.132. The molecular formula is C15H27NO3. The number of rotatable bonds is 4. The number of esters is 1. The Morgan fingerprint density at radius 3 is 2.68 bits per heavy atom. The third kappa shape index (κ3) is 4.18. The van der Waals surface area contributed by atoms with E-state index in [1.807, 2.05) is 0 Å². The number of nitrogens with zero attached hydrogens (tertiary/aromatic N) is 1. The van der Waals surface area contributed by atoms with E-state index in [9.17, 15) is 9.90 Å². The quantitative estimate of drug-likeness (QED) is 0.794. The lowest BCUT2D eigenvalue weighted by atomic mass is 9.83. The van der Waals surface area contributed by atoms with Crippen molar-refractivity contribution in [3.05, 3.63) is 0 Å². The molecule has 0 bridgehead atoms. The zero-order valence-electron chi connectivity index (χ0n) is 12.1. The van der Waals surface area contributed by atoms with Crippen LogP contribution in [0.1, 0.15) is 57.8 Å². The van der Waals surface area contributed by atoms with E-state index in [2.05, 4.69) is 4.90 Å². The van der Waals surface area contributed by atoms with Crippen LogP contribution in [0.25, 0.3) is 0 Å². The summed E-state index contributed by atoms with van der Waals surface area (Å²) in [6, 6.07) is 0.257. The van der Waals surface area contributed by atoms with Gasteiger partial charge in [-0.1, -0.05) is 25.7 Å². The summed E-state index contributed by atoms with van der Waals surface area (Å²) in [6.45, 7) is 1.73. The van der Waals surface area contributed by atoms with E-state index in [4.69, 9.17) is 4.74 Å². The maximum absolute atomic E-state index is 11.5. The van der Waals surface area contributed by atoms with Crippen LogP contribution in [0.4, 0.5) is 0 Å². The Hall–Kier alpha value is -0.610. The van der Waals surface area contributed by atoms with E-state index >= 15 is 0 Å².